The molecule has 0 amide bonds. The second kappa shape index (κ2) is 6.67. The molecule has 0 heteroatoms. The molecular weight excluding hydrogens is 384 g/mol. The molecule has 0 bridgehead atoms. The van der Waals surface area contributed by atoms with E-state index in [-0.39, 0.29) is 0 Å². The predicted molar refractivity (Wildman–Crippen MR) is 139 cm³/mol. The van der Waals surface area contributed by atoms with Crippen molar-refractivity contribution in [2.45, 2.75) is 0 Å². The summed E-state index contributed by atoms with van der Waals surface area (Å²) in [6.45, 7) is 0. The Morgan fingerprint density at radius 1 is 0.281 bits per heavy atom. The van der Waals surface area contributed by atoms with Crippen LogP contribution in [0.5, 0.6) is 0 Å². The van der Waals surface area contributed by atoms with Gasteiger partial charge in [-0.2, -0.15) is 0 Å². The van der Waals surface area contributed by atoms with Gasteiger partial charge in [0.2, 0.25) is 0 Å². The highest BCUT2D eigenvalue weighted by molar-refractivity contribution is 6.34. The Balaban J connectivity index is 1.67. The molecule has 148 valence electrons. The lowest BCUT2D eigenvalue weighted by Crippen LogP contribution is -1.90. The van der Waals surface area contributed by atoms with E-state index in [2.05, 4.69) is 121 Å². The van der Waals surface area contributed by atoms with Crippen LogP contribution in [0.25, 0.3) is 65.3 Å². The van der Waals surface area contributed by atoms with E-state index < -0.39 is 0 Å². The van der Waals surface area contributed by atoms with E-state index in [1.807, 2.05) is 0 Å². The first-order chi connectivity index (χ1) is 15.9. The molecule has 0 atom stereocenters. The first kappa shape index (κ1) is 17.5. The lowest BCUT2D eigenvalue weighted by atomic mass is 9.86. The van der Waals surface area contributed by atoms with Gasteiger partial charge in [0.05, 0.1) is 0 Å². The molecule has 0 unspecified atom stereocenters. The standard InChI is InChI=1S/C32H20/c1-3-9-21(10-4-1)25-17-23-15-16-24-18-26(22-11-5-2-6-12-22)20-30-28-14-8-7-13-27(28)29(19-25)31(23)32(24)30/h1-20H. The maximum atomic E-state index is 2.38. The minimum Gasteiger partial charge on any atom is -0.0622 e. The predicted octanol–water partition coefficient (Wildman–Crippen LogP) is 9.07. The van der Waals surface area contributed by atoms with Crippen LogP contribution in [-0.2, 0) is 0 Å². The fraction of sp³-hybridized carbons (Fsp3) is 0. The molecule has 7 rings (SSSR count). The quantitative estimate of drug-likeness (QED) is 0.199. The van der Waals surface area contributed by atoms with Gasteiger partial charge in [0, 0.05) is 0 Å². The lowest BCUT2D eigenvalue weighted by Gasteiger charge is -2.17. The zero-order valence-electron chi connectivity index (χ0n) is 17.5. The van der Waals surface area contributed by atoms with Crippen LogP contribution in [0.2, 0.25) is 0 Å². The number of hydrogen-bond acceptors (Lipinski definition) is 0. The fourth-order valence-electron chi connectivity index (χ4n) is 5.30. The van der Waals surface area contributed by atoms with Crippen molar-refractivity contribution in [2.24, 2.45) is 0 Å². The van der Waals surface area contributed by atoms with Crippen LogP contribution >= 0.6 is 0 Å². The molecule has 7 aromatic carbocycles. The van der Waals surface area contributed by atoms with Gasteiger partial charge in [0.1, 0.15) is 0 Å². The molecule has 0 spiro atoms. The van der Waals surface area contributed by atoms with E-state index in [1.165, 1.54) is 65.3 Å². The summed E-state index contributed by atoms with van der Waals surface area (Å²) < 4.78 is 0. The molecule has 7 aromatic rings. The Hall–Kier alpha value is -4.16. The van der Waals surface area contributed by atoms with Gasteiger partial charge in [-0.05, 0) is 89.6 Å². The van der Waals surface area contributed by atoms with Crippen LogP contribution in [0.3, 0.4) is 0 Å². The topological polar surface area (TPSA) is 0 Å². The highest BCUT2D eigenvalue weighted by Gasteiger charge is 2.16. The zero-order valence-corrected chi connectivity index (χ0v) is 17.5. The minimum absolute atomic E-state index is 1.26. The fourth-order valence-corrected chi connectivity index (χ4v) is 5.30. The third kappa shape index (κ3) is 2.50. The summed E-state index contributed by atoms with van der Waals surface area (Å²) in [6.07, 6.45) is 0. The minimum atomic E-state index is 1.26. The normalized spacial score (nSPS) is 11.8. The van der Waals surface area contributed by atoms with Crippen LogP contribution in [0.1, 0.15) is 0 Å². The molecular formula is C32H20. The summed E-state index contributed by atoms with van der Waals surface area (Å²) in [5, 5.41) is 10.7. The molecule has 0 N–H and O–H groups in total. The second-order valence-electron chi connectivity index (χ2n) is 8.59. The van der Waals surface area contributed by atoms with Crippen molar-refractivity contribution in [3.8, 4) is 22.3 Å². The smallest absolute Gasteiger partial charge is 0.00199 e. The highest BCUT2D eigenvalue weighted by atomic mass is 14.2. The van der Waals surface area contributed by atoms with Gasteiger partial charge < -0.3 is 0 Å². The van der Waals surface area contributed by atoms with Gasteiger partial charge in [-0.3, -0.25) is 0 Å². The van der Waals surface area contributed by atoms with E-state index in [0.29, 0.717) is 0 Å². The largest absolute Gasteiger partial charge is 0.0622 e. The van der Waals surface area contributed by atoms with Crippen LogP contribution in [-0.4, -0.2) is 0 Å². The molecule has 0 fully saturated rings. The van der Waals surface area contributed by atoms with Gasteiger partial charge >= 0.3 is 0 Å². The van der Waals surface area contributed by atoms with E-state index >= 15 is 0 Å². The summed E-state index contributed by atoms with van der Waals surface area (Å²) in [6, 6.07) is 44.3. The number of fused-ring (bicyclic) bond motifs is 3. The first-order valence-electron chi connectivity index (χ1n) is 11.1. The van der Waals surface area contributed by atoms with Crippen LogP contribution in [0, 0.1) is 0 Å². The zero-order chi connectivity index (χ0) is 21.1. The van der Waals surface area contributed by atoms with E-state index in [1.54, 1.807) is 0 Å². The molecule has 0 aromatic heterocycles. The number of hydrogen-bond donors (Lipinski definition) is 0. The Bertz CT molecular complexity index is 1610. The summed E-state index contributed by atoms with van der Waals surface area (Å²) in [4.78, 5) is 0. The molecule has 0 nitrogen and oxygen atoms in total. The summed E-state index contributed by atoms with van der Waals surface area (Å²) in [7, 11) is 0. The summed E-state index contributed by atoms with van der Waals surface area (Å²) >= 11 is 0. The lowest BCUT2D eigenvalue weighted by molar-refractivity contribution is 1.65. The molecule has 0 heterocycles. The first-order valence-corrected chi connectivity index (χ1v) is 11.1. The highest BCUT2D eigenvalue weighted by Crippen LogP contribution is 2.44. The molecule has 0 saturated heterocycles. The van der Waals surface area contributed by atoms with Crippen molar-refractivity contribution in [1.82, 2.24) is 0 Å². The van der Waals surface area contributed by atoms with E-state index in [4.69, 9.17) is 0 Å². The maximum absolute atomic E-state index is 2.38. The van der Waals surface area contributed by atoms with Crippen molar-refractivity contribution in [1.29, 1.82) is 0 Å². The molecule has 0 saturated carbocycles. The monoisotopic (exact) mass is 404 g/mol. The van der Waals surface area contributed by atoms with E-state index in [9.17, 15) is 0 Å². The Kier molecular flexibility index (Phi) is 3.65. The number of rotatable bonds is 2. The van der Waals surface area contributed by atoms with E-state index in [0.717, 1.165) is 0 Å². The molecule has 0 aliphatic rings. The third-order valence-corrected chi connectivity index (χ3v) is 6.75. The van der Waals surface area contributed by atoms with Crippen LogP contribution in [0.15, 0.2) is 121 Å². The third-order valence-electron chi connectivity index (χ3n) is 6.75. The Labute approximate surface area is 186 Å². The van der Waals surface area contributed by atoms with Crippen molar-refractivity contribution < 1.29 is 0 Å². The molecule has 0 aliphatic carbocycles. The molecule has 0 aliphatic heterocycles. The van der Waals surface area contributed by atoms with Gasteiger partial charge in [0.25, 0.3) is 0 Å². The SMILES string of the molecule is c1ccc(-c2cc3ccc4cc(-c5ccccc5)cc5c6ccccc6c(c2)c3c45)cc1. The van der Waals surface area contributed by atoms with Gasteiger partial charge in [-0.1, -0.05) is 97.1 Å². The van der Waals surface area contributed by atoms with Crippen molar-refractivity contribution in [2.75, 3.05) is 0 Å². The van der Waals surface area contributed by atoms with Gasteiger partial charge in [-0.15, -0.1) is 0 Å². The molecule has 32 heavy (non-hydrogen) atoms. The van der Waals surface area contributed by atoms with Crippen molar-refractivity contribution >= 4 is 43.1 Å². The average molecular weight is 405 g/mol. The average Bonchev–Trinajstić information content (AvgIpc) is 2.88. The second-order valence-corrected chi connectivity index (χ2v) is 8.59. The van der Waals surface area contributed by atoms with Crippen molar-refractivity contribution in [3.05, 3.63) is 121 Å². The van der Waals surface area contributed by atoms with Crippen molar-refractivity contribution in [3.63, 3.8) is 0 Å². The molecule has 0 radical (unpaired) electrons. The van der Waals surface area contributed by atoms with Crippen LogP contribution in [0.4, 0.5) is 0 Å². The maximum Gasteiger partial charge on any atom is -0.00199 e. The Morgan fingerprint density at radius 3 is 1.12 bits per heavy atom. The van der Waals surface area contributed by atoms with Crippen LogP contribution < -0.4 is 0 Å². The van der Waals surface area contributed by atoms with Gasteiger partial charge in [0.15, 0.2) is 0 Å². The van der Waals surface area contributed by atoms with Gasteiger partial charge in [-0.25, -0.2) is 0 Å². The number of benzene rings is 7. The Morgan fingerprint density at radius 2 is 0.688 bits per heavy atom. The summed E-state index contributed by atoms with van der Waals surface area (Å²) in [5.74, 6) is 0. The summed E-state index contributed by atoms with van der Waals surface area (Å²) in [5.41, 5.74) is 5.06.